The van der Waals surface area contributed by atoms with Crippen LogP contribution in [0.3, 0.4) is 0 Å². The molecule has 1 aromatic carbocycles. The molecule has 0 radical (unpaired) electrons. The molecule has 1 saturated carbocycles. The summed E-state index contributed by atoms with van der Waals surface area (Å²) in [6.45, 7) is 3.34. The summed E-state index contributed by atoms with van der Waals surface area (Å²) in [4.78, 5) is 22.4. The Bertz CT molecular complexity index is 849. The van der Waals surface area contributed by atoms with Crippen molar-refractivity contribution in [3.8, 4) is 0 Å². The van der Waals surface area contributed by atoms with E-state index in [0.717, 1.165) is 43.7 Å². The Morgan fingerprint density at radius 3 is 2.62 bits per heavy atom. The van der Waals surface area contributed by atoms with Crippen LogP contribution >= 0.6 is 0 Å². The van der Waals surface area contributed by atoms with E-state index in [1.165, 1.54) is 12.8 Å². The van der Waals surface area contributed by atoms with Crippen molar-refractivity contribution in [3.05, 3.63) is 30.5 Å². The minimum Gasteiger partial charge on any atom is -0.394 e. The Morgan fingerprint density at radius 2 is 1.90 bits per heavy atom. The number of anilines is 5. The van der Waals surface area contributed by atoms with E-state index in [1.807, 2.05) is 12.1 Å². The summed E-state index contributed by atoms with van der Waals surface area (Å²) in [5, 5.41) is 9.70. The molecular formula is C21H29N7O. The Labute approximate surface area is 171 Å². The molecule has 1 aliphatic carbocycles. The van der Waals surface area contributed by atoms with Gasteiger partial charge >= 0.3 is 0 Å². The van der Waals surface area contributed by atoms with Crippen molar-refractivity contribution in [2.45, 2.75) is 51.1 Å². The molecule has 1 amide bonds. The molecule has 2 aliphatic rings. The van der Waals surface area contributed by atoms with E-state index in [2.05, 4.69) is 43.0 Å². The van der Waals surface area contributed by atoms with Crippen LogP contribution in [0.4, 0.5) is 28.8 Å². The second kappa shape index (κ2) is 8.55. The predicted octanol–water partition coefficient (Wildman–Crippen LogP) is 2.87. The number of hydrogen-bond acceptors (Lipinski definition) is 7. The summed E-state index contributed by atoms with van der Waals surface area (Å²) < 4.78 is 0. The number of rotatable bonds is 6. The monoisotopic (exact) mass is 395 g/mol. The number of nitrogens with two attached hydrogens (primary N) is 1. The summed E-state index contributed by atoms with van der Waals surface area (Å²) in [6.07, 6.45) is 7.44. The van der Waals surface area contributed by atoms with Crippen LogP contribution in [0.15, 0.2) is 30.5 Å². The zero-order chi connectivity index (χ0) is 20.2. The molecule has 2 heterocycles. The molecule has 2 aromatic rings. The molecule has 8 heteroatoms. The van der Waals surface area contributed by atoms with Crippen LogP contribution in [-0.4, -0.2) is 41.0 Å². The van der Waals surface area contributed by atoms with Gasteiger partial charge in [-0.1, -0.05) is 12.8 Å². The van der Waals surface area contributed by atoms with Crippen LogP contribution in [0, 0.1) is 0 Å². The standard InChI is InChI=1S/C21H29N7O/c1-14(29)24-17-10-11-28(13-17)18-8-6-16(7-9-18)26-21-23-12-19(22)20(27-21)25-15-4-2-3-5-15/h6-9,12,15,17H,2-5,10-11,13,22H2,1H3,(H,24,29)(H2,23,25,26,27). The highest BCUT2D eigenvalue weighted by atomic mass is 16.1. The summed E-state index contributed by atoms with van der Waals surface area (Å²) in [6, 6.07) is 8.86. The first-order chi connectivity index (χ1) is 14.1. The van der Waals surface area contributed by atoms with Crippen molar-refractivity contribution in [1.29, 1.82) is 0 Å². The van der Waals surface area contributed by atoms with E-state index in [1.54, 1.807) is 13.1 Å². The van der Waals surface area contributed by atoms with Gasteiger partial charge in [0.25, 0.3) is 0 Å². The first kappa shape index (κ1) is 19.3. The van der Waals surface area contributed by atoms with Crippen molar-refractivity contribution in [2.75, 3.05) is 34.4 Å². The quantitative estimate of drug-likeness (QED) is 0.595. The van der Waals surface area contributed by atoms with Crippen LogP contribution in [0.25, 0.3) is 0 Å². The summed E-state index contributed by atoms with van der Waals surface area (Å²) >= 11 is 0. The van der Waals surface area contributed by atoms with Gasteiger partial charge < -0.3 is 26.6 Å². The minimum atomic E-state index is 0.0293. The molecule has 8 nitrogen and oxygen atoms in total. The molecular weight excluding hydrogens is 366 g/mol. The number of hydrogen-bond donors (Lipinski definition) is 4. The molecule has 1 saturated heterocycles. The van der Waals surface area contributed by atoms with Gasteiger partial charge in [0.05, 0.1) is 11.9 Å². The first-order valence-corrected chi connectivity index (χ1v) is 10.3. The largest absolute Gasteiger partial charge is 0.394 e. The van der Waals surface area contributed by atoms with Gasteiger partial charge in [-0.3, -0.25) is 4.79 Å². The van der Waals surface area contributed by atoms with Gasteiger partial charge in [0.15, 0.2) is 5.82 Å². The average Bonchev–Trinajstić information content (AvgIpc) is 3.37. The highest BCUT2D eigenvalue weighted by Gasteiger charge is 2.23. The molecule has 0 spiro atoms. The zero-order valence-electron chi connectivity index (χ0n) is 16.8. The summed E-state index contributed by atoms with van der Waals surface area (Å²) in [5.74, 6) is 1.26. The van der Waals surface area contributed by atoms with Crippen LogP contribution < -0.4 is 26.6 Å². The van der Waals surface area contributed by atoms with Gasteiger partial charge in [0.2, 0.25) is 11.9 Å². The molecule has 29 heavy (non-hydrogen) atoms. The number of aromatic nitrogens is 2. The lowest BCUT2D eigenvalue weighted by Gasteiger charge is -2.19. The molecule has 2 fully saturated rings. The van der Waals surface area contributed by atoms with Gasteiger partial charge in [0, 0.05) is 43.5 Å². The Morgan fingerprint density at radius 1 is 1.14 bits per heavy atom. The second-order valence-corrected chi connectivity index (χ2v) is 7.93. The van der Waals surface area contributed by atoms with E-state index in [-0.39, 0.29) is 11.9 Å². The highest BCUT2D eigenvalue weighted by Crippen LogP contribution is 2.26. The molecule has 1 unspecified atom stereocenters. The van der Waals surface area contributed by atoms with Crippen molar-refractivity contribution in [1.82, 2.24) is 15.3 Å². The average molecular weight is 396 g/mol. The van der Waals surface area contributed by atoms with Crippen molar-refractivity contribution in [2.24, 2.45) is 0 Å². The maximum Gasteiger partial charge on any atom is 0.229 e. The fourth-order valence-corrected chi connectivity index (χ4v) is 4.12. The normalized spacial score (nSPS) is 19.3. The van der Waals surface area contributed by atoms with Crippen LogP contribution in [-0.2, 0) is 4.79 Å². The minimum absolute atomic E-state index is 0.0293. The number of benzene rings is 1. The Hall–Kier alpha value is -3.03. The third kappa shape index (κ3) is 4.88. The van der Waals surface area contributed by atoms with Gasteiger partial charge in [-0.25, -0.2) is 4.98 Å². The lowest BCUT2D eigenvalue weighted by molar-refractivity contribution is -0.119. The van der Waals surface area contributed by atoms with Crippen LogP contribution in [0.1, 0.15) is 39.0 Å². The van der Waals surface area contributed by atoms with Gasteiger partial charge in [-0.05, 0) is 43.5 Å². The molecule has 1 aromatic heterocycles. The van der Waals surface area contributed by atoms with Gasteiger partial charge in [0.1, 0.15) is 0 Å². The number of nitrogens with zero attached hydrogens (tertiary/aromatic N) is 3. The number of amides is 1. The Balaban J connectivity index is 1.38. The lowest BCUT2D eigenvalue weighted by atomic mass is 10.2. The van der Waals surface area contributed by atoms with E-state index in [0.29, 0.717) is 23.5 Å². The van der Waals surface area contributed by atoms with Gasteiger partial charge in [-0.15, -0.1) is 0 Å². The molecule has 1 atom stereocenters. The molecule has 5 N–H and O–H groups in total. The SMILES string of the molecule is CC(=O)NC1CCN(c2ccc(Nc3ncc(N)c(NC4CCCC4)n3)cc2)C1. The van der Waals surface area contributed by atoms with Crippen molar-refractivity contribution >= 4 is 34.7 Å². The second-order valence-electron chi connectivity index (χ2n) is 7.93. The number of nitrogens with one attached hydrogen (secondary N) is 3. The van der Waals surface area contributed by atoms with E-state index < -0.39 is 0 Å². The fourth-order valence-electron chi connectivity index (χ4n) is 4.12. The number of carbonyl (C=O) groups is 1. The summed E-state index contributed by atoms with van der Waals surface area (Å²) in [7, 11) is 0. The summed E-state index contributed by atoms with van der Waals surface area (Å²) in [5.41, 5.74) is 8.68. The molecule has 4 rings (SSSR count). The third-order valence-corrected chi connectivity index (χ3v) is 5.60. The van der Waals surface area contributed by atoms with E-state index in [9.17, 15) is 4.79 Å². The smallest absolute Gasteiger partial charge is 0.229 e. The first-order valence-electron chi connectivity index (χ1n) is 10.3. The number of carbonyl (C=O) groups excluding carboxylic acids is 1. The topological polar surface area (TPSA) is 108 Å². The Kier molecular flexibility index (Phi) is 5.69. The molecule has 154 valence electrons. The third-order valence-electron chi connectivity index (χ3n) is 5.60. The lowest BCUT2D eigenvalue weighted by Crippen LogP contribution is -2.35. The van der Waals surface area contributed by atoms with Crippen LogP contribution in [0.2, 0.25) is 0 Å². The number of nitrogen functional groups attached to an aromatic ring is 1. The zero-order valence-corrected chi connectivity index (χ0v) is 16.8. The maximum atomic E-state index is 11.2. The maximum absolute atomic E-state index is 11.2. The molecule has 0 bridgehead atoms. The van der Waals surface area contributed by atoms with Crippen molar-refractivity contribution in [3.63, 3.8) is 0 Å². The highest BCUT2D eigenvalue weighted by molar-refractivity contribution is 5.73. The predicted molar refractivity (Wildman–Crippen MR) is 116 cm³/mol. The molecule has 1 aliphatic heterocycles. The van der Waals surface area contributed by atoms with E-state index >= 15 is 0 Å². The van der Waals surface area contributed by atoms with Gasteiger partial charge in [-0.2, -0.15) is 4.98 Å². The van der Waals surface area contributed by atoms with Crippen LogP contribution in [0.5, 0.6) is 0 Å². The fraction of sp³-hybridized carbons (Fsp3) is 0.476. The van der Waals surface area contributed by atoms with Crippen molar-refractivity contribution < 1.29 is 4.79 Å². The van der Waals surface area contributed by atoms with E-state index in [4.69, 9.17) is 5.73 Å².